The first kappa shape index (κ1) is 14.0. The van der Waals surface area contributed by atoms with E-state index in [0.717, 1.165) is 6.07 Å². The van der Waals surface area contributed by atoms with Crippen molar-refractivity contribution in [3.63, 3.8) is 0 Å². The number of rotatable bonds is 3. The molecule has 7 nitrogen and oxygen atoms in total. The summed E-state index contributed by atoms with van der Waals surface area (Å²) in [7, 11) is 1.46. The predicted octanol–water partition coefficient (Wildman–Crippen LogP) is 3.08. The first-order chi connectivity index (χ1) is 10.6. The van der Waals surface area contributed by atoms with Crippen LogP contribution in [0, 0.1) is 0 Å². The van der Waals surface area contributed by atoms with Gasteiger partial charge < -0.3 is 23.0 Å². The molecule has 0 saturated carbocycles. The summed E-state index contributed by atoms with van der Waals surface area (Å²) < 4.78 is 25.6. The molecule has 2 aromatic heterocycles. The van der Waals surface area contributed by atoms with Crippen LogP contribution in [0.15, 0.2) is 38.1 Å². The average Bonchev–Trinajstić information content (AvgIpc) is 2.92. The topological polar surface area (TPSA) is 88.1 Å². The van der Waals surface area contributed by atoms with Crippen LogP contribution in [-0.2, 0) is 4.74 Å². The van der Waals surface area contributed by atoms with Gasteiger partial charge in [0, 0.05) is 6.07 Å². The summed E-state index contributed by atoms with van der Waals surface area (Å²) in [6.07, 6.45) is 0.569. The fourth-order valence-corrected chi connectivity index (χ4v) is 2.22. The van der Waals surface area contributed by atoms with Gasteiger partial charge in [0.05, 0.1) is 31.4 Å². The molecular formula is C15H12O7. The minimum Gasteiger partial charge on any atom is -0.495 e. The van der Waals surface area contributed by atoms with Crippen LogP contribution in [0.5, 0.6) is 11.5 Å². The Kier molecular flexibility index (Phi) is 3.46. The van der Waals surface area contributed by atoms with Crippen LogP contribution in [0.4, 0.5) is 4.79 Å². The van der Waals surface area contributed by atoms with Gasteiger partial charge in [0.2, 0.25) is 0 Å². The zero-order valence-corrected chi connectivity index (χ0v) is 11.9. The van der Waals surface area contributed by atoms with Gasteiger partial charge in [0.15, 0.2) is 5.75 Å². The molecule has 0 spiro atoms. The number of fused-ring (bicyclic) bond motifs is 2. The molecule has 0 saturated heterocycles. The minimum absolute atomic E-state index is 0.00431. The average molecular weight is 304 g/mol. The first-order valence-electron chi connectivity index (χ1n) is 6.50. The van der Waals surface area contributed by atoms with Crippen molar-refractivity contribution in [2.75, 3.05) is 13.7 Å². The molecule has 1 aromatic carbocycles. The Morgan fingerprint density at radius 3 is 2.82 bits per heavy atom. The second-order valence-corrected chi connectivity index (χ2v) is 4.33. The van der Waals surface area contributed by atoms with Gasteiger partial charge in [0.1, 0.15) is 22.3 Å². The predicted molar refractivity (Wildman–Crippen MR) is 76.5 cm³/mol. The molecule has 0 N–H and O–H groups in total. The van der Waals surface area contributed by atoms with E-state index in [1.54, 1.807) is 13.0 Å². The maximum absolute atomic E-state index is 11.6. The summed E-state index contributed by atoms with van der Waals surface area (Å²) in [6.45, 7) is 1.80. The van der Waals surface area contributed by atoms with E-state index in [0.29, 0.717) is 22.1 Å². The molecule has 114 valence electrons. The number of methoxy groups -OCH3 is 1. The van der Waals surface area contributed by atoms with Crippen LogP contribution >= 0.6 is 0 Å². The Hall–Kier alpha value is -2.96. The van der Waals surface area contributed by atoms with E-state index >= 15 is 0 Å². The molecule has 2 heterocycles. The lowest BCUT2D eigenvalue weighted by Crippen LogP contribution is -2.12. The molecule has 0 unspecified atom stereocenters. The van der Waals surface area contributed by atoms with Crippen molar-refractivity contribution in [3.8, 4) is 11.5 Å². The molecular weight excluding hydrogens is 292 g/mol. The van der Waals surface area contributed by atoms with Gasteiger partial charge >= 0.3 is 11.8 Å². The van der Waals surface area contributed by atoms with Gasteiger partial charge in [-0.1, -0.05) is 0 Å². The molecule has 0 atom stereocenters. The monoisotopic (exact) mass is 304 g/mol. The van der Waals surface area contributed by atoms with Crippen molar-refractivity contribution < 1.29 is 27.8 Å². The molecule has 22 heavy (non-hydrogen) atoms. The van der Waals surface area contributed by atoms with Gasteiger partial charge in [0.25, 0.3) is 0 Å². The van der Waals surface area contributed by atoms with E-state index in [-0.39, 0.29) is 17.9 Å². The van der Waals surface area contributed by atoms with E-state index in [4.69, 9.17) is 23.0 Å². The van der Waals surface area contributed by atoms with Crippen LogP contribution in [-0.4, -0.2) is 19.9 Å². The van der Waals surface area contributed by atoms with Crippen molar-refractivity contribution in [3.05, 3.63) is 34.9 Å². The summed E-state index contributed by atoms with van der Waals surface area (Å²) in [4.78, 5) is 23.2. The quantitative estimate of drug-likeness (QED) is 0.542. The number of carbonyl (C=O) groups excluding carboxylic acids is 1. The number of hydrogen-bond acceptors (Lipinski definition) is 7. The largest absolute Gasteiger partial charge is 0.513 e. The Morgan fingerprint density at radius 1 is 1.27 bits per heavy atom. The van der Waals surface area contributed by atoms with Gasteiger partial charge in [-0.15, -0.1) is 0 Å². The van der Waals surface area contributed by atoms with Crippen molar-refractivity contribution in [1.29, 1.82) is 0 Å². The summed E-state index contributed by atoms with van der Waals surface area (Å²) in [5, 5.41) is 1.02. The highest BCUT2D eigenvalue weighted by Gasteiger charge is 2.19. The first-order valence-corrected chi connectivity index (χ1v) is 6.50. The van der Waals surface area contributed by atoms with Crippen LogP contribution in [0.25, 0.3) is 21.9 Å². The second-order valence-electron chi connectivity index (χ2n) is 4.33. The third-order valence-corrected chi connectivity index (χ3v) is 3.04. The van der Waals surface area contributed by atoms with Crippen molar-refractivity contribution >= 4 is 28.1 Å². The van der Waals surface area contributed by atoms with Gasteiger partial charge in [-0.05, 0) is 13.0 Å². The van der Waals surface area contributed by atoms with Crippen molar-refractivity contribution in [1.82, 2.24) is 0 Å². The van der Waals surface area contributed by atoms with Crippen molar-refractivity contribution in [2.45, 2.75) is 6.92 Å². The minimum atomic E-state index is -0.913. The highest BCUT2D eigenvalue weighted by molar-refractivity contribution is 6.04. The van der Waals surface area contributed by atoms with Gasteiger partial charge in [-0.3, -0.25) is 0 Å². The number of furan rings is 1. The number of hydrogen-bond donors (Lipinski definition) is 0. The molecule has 0 radical (unpaired) electrons. The molecule has 7 heteroatoms. The molecule has 0 aliphatic rings. The number of benzene rings is 1. The fourth-order valence-electron chi connectivity index (χ4n) is 2.22. The smallest absolute Gasteiger partial charge is 0.495 e. The molecule has 0 bridgehead atoms. The van der Waals surface area contributed by atoms with Gasteiger partial charge in [-0.25, -0.2) is 9.59 Å². The number of ether oxygens (including phenoxy) is 3. The van der Waals surface area contributed by atoms with E-state index in [1.165, 1.54) is 19.4 Å². The zero-order valence-electron chi connectivity index (χ0n) is 11.9. The maximum Gasteiger partial charge on any atom is 0.513 e. The van der Waals surface area contributed by atoms with Crippen molar-refractivity contribution in [2.24, 2.45) is 0 Å². The summed E-state index contributed by atoms with van der Waals surface area (Å²) in [6, 6.07) is 4.30. The third kappa shape index (κ3) is 2.26. The normalized spacial score (nSPS) is 10.8. The second kappa shape index (κ2) is 5.44. The molecule has 0 aliphatic heterocycles. The van der Waals surface area contributed by atoms with E-state index in [1.807, 2.05) is 0 Å². The van der Waals surface area contributed by atoms with E-state index < -0.39 is 11.8 Å². The Labute approximate surface area is 124 Å². The lowest BCUT2D eigenvalue weighted by atomic mass is 10.1. The summed E-state index contributed by atoms with van der Waals surface area (Å²) in [5.74, 6) is 0.383. The Morgan fingerprint density at radius 2 is 2.09 bits per heavy atom. The third-order valence-electron chi connectivity index (χ3n) is 3.04. The Balaban J connectivity index is 2.30. The zero-order chi connectivity index (χ0) is 15.7. The van der Waals surface area contributed by atoms with Crippen LogP contribution in [0.3, 0.4) is 0 Å². The number of carbonyl (C=O) groups is 1. The van der Waals surface area contributed by atoms with E-state index in [2.05, 4.69) is 0 Å². The summed E-state index contributed by atoms with van der Waals surface area (Å²) in [5.41, 5.74) is 0.00615. The lowest BCUT2D eigenvalue weighted by molar-refractivity contribution is 0.104. The van der Waals surface area contributed by atoms with Crippen LogP contribution in [0.1, 0.15) is 6.92 Å². The lowest BCUT2D eigenvalue weighted by Gasteiger charge is -2.10. The highest BCUT2D eigenvalue weighted by Crippen LogP contribution is 2.39. The van der Waals surface area contributed by atoms with Gasteiger partial charge in [-0.2, -0.15) is 0 Å². The molecule has 0 aliphatic carbocycles. The standard InChI is InChI=1S/C15H12O7/c1-3-19-15(17)22-11-7-12(16)21-10-6-9-8(4-5-20-9)14(18-2)13(10)11/h4-7H,3H2,1-2H3. The fraction of sp³-hybridized carbons (Fsp3) is 0.200. The van der Waals surface area contributed by atoms with Crippen LogP contribution in [0.2, 0.25) is 0 Å². The molecule has 0 fully saturated rings. The molecule has 3 aromatic rings. The molecule has 0 amide bonds. The Bertz CT molecular complexity index is 903. The maximum atomic E-state index is 11.6. The highest BCUT2D eigenvalue weighted by atomic mass is 16.7. The summed E-state index contributed by atoms with van der Waals surface area (Å²) >= 11 is 0. The SMILES string of the molecule is CCOC(=O)Oc1cc(=O)oc2cc3occc3c(OC)c12. The van der Waals surface area contributed by atoms with E-state index in [9.17, 15) is 9.59 Å². The van der Waals surface area contributed by atoms with Crippen LogP contribution < -0.4 is 15.1 Å². The molecule has 3 rings (SSSR count).